The van der Waals surface area contributed by atoms with E-state index in [0.717, 1.165) is 6.61 Å². The second kappa shape index (κ2) is 3.83. The van der Waals surface area contributed by atoms with Gasteiger partial charge < -0.3 is 4.74 Å². The zero-order valence-electron chi connectivity index (χ0n) is 5.67. The fourth-order valence-corrected chi connectivity index (χ4v) is 1.52. The molecule has 0 aromatic carbocycles. The predicted molar refractivity (Wildman–Crippen MR) is 41.6 cm³/mol. The van der Waals surface area contributed by atoms with Gasteiger partial charge in [0.2, 0.25) is 0 Å². The van der Waals surface area contributed by atoms with Crippen molar-refractivity contribution in [3.05, 3.63) is 12.3 Å². The molecule has 0 aliphatic carbocycles. The van der Waals surface area contributed by atoms with Crippen LogP contribution in [0.25, 0.3) is 0 Å². The van der Waals surface area contributed by atoms with E-state index in [1.165, 1.54) is 11.5 Å². The van der Waals surface area contributed by atoms with Gasteiger partial charge in [0.15, 0.2) is 0 Å². The van der Waals surface area contributed by atoms with Crippen LogP contribution in [0.5, 0.6) is 0 Å². The van der Waals surface area contributed by atoms with Gasteiger partial charge in [0.05, 0.1) is 12.9 Å². The fraction of sp³-hybridized carbons (Fsp3) is 0.714. The summed E-state index contributed by atoms with van der Waals surface area (Å²) in [4.78, 5) is 0. The van der Waals surface area contributed by atoms with E-state index >= 15 is 0 Å². The van der Waals surface area contributed by atoms with Crippen molar-refractivity contribution in [3.63, 3.8) is 0 Å². The van der Waals surface area contributed by atoms with Crippen LogP contribution in [0.1, 0.15) is 6.92 Å². The molecule has 1 aliphatic rings. The van der Waals surface area contributed by atoms with Gasteiger partial charge in [-0.1, -0.05) is 6.92 Å². The quantitative estimate of drug-likeness (QED) is 0.598. The molecule has 0 bridgehead atoms. The van der Waals surface area contributed by atoms with E-state index in [2.05, 4.69) is 13.0 Å². The maximum Gasteiger partial charge on any atom is 0.0944 e. The molecule has 0 amide bonds. The molecule has 0 radical (unpaired) electrons. The molecule has 1 rings (SSSR count). The van der Waals surface area contributed by atoms with Crippen molar-refractivity contribution < 1.29 is 4.74 Å². The van der Waals surface area contributed by atoms with Crippen LogP contribution >= 0.6 is 11.8 Å². The Labute approximate surface area is 60.5 Å². The molecule has 1 unspecified atom stereocenters. The number of thioether (sulfide) groups is 1. The first kappa shape index (κ1) is 7.00. The molecule has 0 aromatic heterocycles. The van der Waals surface area contributed by atoms with E-state index < -0.39 is 0 Å². The highest BCUT2D eigenvalue weighted by molar-refractivity contribution is 7.99. The van der Waals surface area contributed by atoms with Crippen LogP contribution in [0.3, 0.4) is 0 Å². The van der Waals surface area contributed by atoms with Gasteiger partial charge >= 0.3 is 0 Å². The first-order valence-electron chi connectivity index (χ1n) is 3.29. The van der Waals surface area contributed by atoms with Gasteiger partial charge in [-0.3, -0.25) is 0 Å². The Balaban J connectivity index is 2.05. The Morgan fingerprint density at radius 1 is 1.78 bits per heavy atom. The normalized spacial score (nSPS) is 24.3. The second-order valence-corrected chi connectivity index (χ2v) is 3.40. The zero-order valence-corrected chi connectivity index (χ0v) is 6.49. The van der Waals surface area contributed by atoms with Crippen LogP contribution in [0, 0.1) is 5.92 Å². The lowest BCUT2D eigenvalue weighted by atomic mass is 10.2. The molecule has 9 heavy (non-hydrogen) atoms. The minimum Gasteiger partial charge on any atom is -0.501 e. The fourth-order valence-electron chi connectivity index (χ4n) is 0.774. The van der Waals surface area contributed by atoms with Crippen LogP contribution < -0.4 is 0 Å². The number of hydrogen-bond acceptors (Lipinski definition) is 2. The third-order valence-corrected chi connectivity index (χ3v) is 2.37. The van der Waals surface area contributed by atoms with Crippen molar-refractivity contribution >= 4 is 11.8 Å². The molecule has 0 aromatic rings. The highest BCUT2D eigenvalue weighted by Gasteiger charge is 2.08. The SMILES string of the molecule is CCSCC1C=COC1. The lowest BCUT2D eigenvalue weighted by Gasteiger charge is -2.02. The molecule has 0 spiro atoms. The summed E-state index contributed by atoms with van der Waals surface area (Å²) in [6.45, 7) is 3.08. The first-order valence-corrected chi connectivity index (χ1v) is 4.45. The van der Waals surface area contributed by atoms with Crippen LogP contribution in [0.15, 0.2) is 12.3 Å². The van der Waals surface area contributed by atoms with E-state index in [1.54, 1.807) is 6.26 Å². The van der Waals surface area contributed by atoms with E-state index in [4.69, 9.17) is 4.74 Å². The van der Waals surface area contributed by atoms with Crippen molar-refractivity contribution in [2.75, 3.05) is 18.1 Å². The van der Waals surface area contributed by atoms with Gasteiger partial charge in [-0.2, -0.15) is 11.8 Å². The Hall–Kier alpha value is -0.110. The van der Waals surface area contributed by atoms with Gasteiger partial charge in [-0.15, -0.1) is 0 Å². The van der Waals surface area contributed by atoms with E-state index in [0.29, 0.717) is 5.92 Å². The van der Waals surface area contributed by atoms with Gasteiger partial charge in [0.25, 0.3) is 0 Å². The van der Waals surface area contributed by atoms with E-state index in [-0.39, 0.29) is 0 Å². The van der Waals surface area contributed by atoms with Crippen molar-refractivity contribution in [2.45, 2.75) is 6.92 Å². The highest BCUT2D eigenvalue weighted by atomic mass is 32.2. The standard InChI is InChI=1S/C7H12OS/c1-2-9-6-7-3-4-8-5-7/h3-4,7H,2,5-6H2,1H3. The lowest BCUT2D eigenvalue weighted by Crippen LogP contribution is -2.01. The van der Waals surface area contributed by atoms with Crippen LogP contribution in [-0.4, -0.2) is 18.1 Å². The molecule has 1 aliphatic heterocycles. The number of hydrogen-bond donors (Lipinski definition) is 0. The van der Waals surface area contributed by atoms with Crippen LogP contribution in [0.4, 0.5) is 0 Å². The average Bonchev–Trinajstić information content (AvgIpc) is 2.34. The van der Waals surface area contributed by atoms with Gasteiger partial charge in [-0.05, 0) is 11.8 Å². The van der Waals surface area contributed by atoms with Gasteiger partial charge in [0.1, 0.15) is 0 Å². The Morgan fingerprint density at radius 2 is 2.67 bits per heavy atom. The largest absolute Gasteiger partial charge is 0.501 e. The average molecular weight is 144 g/mol. The molecule has 1 atom stereocenters. The topological polar surface area (TPSA) is 9.23 Å². The smallest absolute Gasteiger partial charge is 0.0944 e. The zero-order chi connectivity index (χ0) is 6.53. The maximum atomic E-state index is 5.06. The summed E-state index contributed by atoms with van der Waals surface area (Å²) in [5.41, 5.74) is 0. The molecule has 1 heterocycles. The Bertz CT molecular complexity index is 101. The van der Waals surface area contributed by atoms with Crippen molar-refractivity contribution in [1.82, 2.24) is 0 Å². The third kappa shape index (κ3) is 2.31. The van der Waals surface area contributed by atoms with Gasteiger partial charge in [0, 0.05) is 11.7 Å². The number of rotatable bonds is 3. The monoisotopic (exact) mass is 144 g/mol. The minimum absolute atomic E-state index is 0.676. The minimum atomic E-state index is 0.676. The van der Waals surface area contributed by atoms with E-state index in [1.807, 2.05) is 11.8 Å². The molecule has 1 nitrogen and oxygen atoms in total. The third-order valence-electron chi connectivity index (χ3n) is 1.29. The molecule has 0 saturated carbocycles. The summed E-state index contributed by atoms with van der Waals surface area (Å²) in [6, 6.07) is 0. The van der Waals surface area contributed by atoms with E-state index in [9.17, 15) is 0 Å². The molecule has 2 heteroatoms. The predicted octanol–water partition coefficient (Wildman–Crippen LogP) is 1.90. The number of ether oxygens (including phenoxy) is 1. The Morgan fingerprint density at radius 3 is 3.22 bits per heavy atom. The summed E-state index contributed by atoms with van der Waals surface area (Å²) >= 11 is 1.97. The summed E-state index contributed by atoms with van der Waals surface area (Å²) in [6.07, 6.45) is 3.95. The Kier molecular flexibility index (Phi) is 2.98. The molecular weight excluding hydrogens is 132 g/mol. The second-order valence-electron chi connectivity index (χ2n) is 2.08. The van der Waals surface area contributed by atoms with Crippen molar-refractivity contribution in [3.8, 4) is 0 Å². The van der Waals surface area contributed by atoms with Gasteiger partial charge in [-0.25, -0.2) is 0 Å². The molecule has 0 N–H and O–H groups in total. The summed E-state index contributed by atoms with van der Waals surface area (Å²) in [5, 5.41) is 0. The van der Waals surface area contributed by atoms with Crippen LogP contribution in [-0.2, 0) is 4.74 Å². The molecular formula is C7H12OS. The maximum absolute atomic E-state index is 5.06. The summed E-state index contributed by atoms with van der Waals surface area (Å²) < 4.78 is 5.06. The first-order chi connectivity index (χ1) is 4.43. The summed E-state index contributed by atoms with van der Waals surface area (Å²) in [5.74, 6) is 3.10. The van der Waals surface area contributed by atoms with Crippen LogP contribution in [0.2, 0.25) is 0 Å². The molecule has 0 saturated heterocycles. The molecule has 0 fully saturated rings. The van der Waals surface area contributed by atoms with Crippen molar-refractivity contribution in [2.24, 2.45) is 5.92 Å². The molecule has 52 valence electrons. The highest BCUT2D eigenvalue weighted by Crippen LogP contribution is 2.14. The van der Waals surface area contributed by atoms with Crippen molar-refractivity contribution in [1.29, 1.82) is 0 Å². The summed E-state index contributed by atoms with van der Waals surface area (Å²) in [7, 11) is 0. The lowest BCUT2D eigenvalue weighted by molar-refractivity contribution is 0.257.